The van der Waals surface area contributed by atoms with Crippen LogP contribution in [-0.4, -0.2) is 93.0 Å². The number of alkyl halides is 4. The number of ether oxygens (including phenoxy) is 4. The van der Waals surface area contributed by atoms with Crippen LogP contribution in [0.15, 0.2) is 72.8 Å². The van der Waals surface area contributed by atoms with Crippen molar-refractivity contribution in [1.82, 2.24) is 60.6 Å². The molecule has 1 amide bonds. The summed E-state index contributed by atoms with van der Waals surface area (Å²) in [5.74, 6) is -0.955. The van der Waals surface area contributed by atoms with Crippen LogP contribution < -0.4 is 24.3 Å². The summed E-state index contributed by atoms with van der Waals surface area (Å²) in [4.78, 5) is 27.6. The van der Waals surface area contributed by atoms with Crippen molar-refractivity contribution in [1.29, 1.82) is 0 Å². The number of rotatable bonds is 13. The van der Waals surface area contributed by atoms with E-state index in [0.717, 1.165) is 0 Å². The second kappa shape index (κ2) is 17.4. The fourth-order valence-electron chi connectivity index (χ4n) is 5.64. The van der Waals surface area contributed by atoms with E-state index >= 15 is 0 Å². The molecule has 1 atom stereocenters. The molecule has 1 N–H and O–H groups in total. The van der Waals surface area contributed by atoms with Crippen molar-refractivity contribution in [2.45, 2.75) is 46.0 Å². The lowest BCUT2D eigenvalue weighted by molar-refractivity contribution is -0.140. The first kappa shape index (κ1) is 39.1. The fourth-order valence-corrected chi connectivity index (χ4v) is 5.64. The molecule has 0 bridgehead atoms. The van der Waals surface area contributed by atoms with Crippen molar-refractivity contribution >= 4 is 12.1 Å². The van der Waals surface area contributed by atoms with Gasteiger partial charge in [0, 0.05) is 55.0 Å². The minimum absolute atomic E-state index is 0.0394. The van der Waals surface area contributed by atoms with Crippen LogP contribution in [0.2, 0.25) is 0 Å². The van der Waals surface area contributed by atoms with E-state index in [4.69, 9.17) is 18.9 Å². The van der Waals surface area contributed by atoms with Gasteiger partial charge in [-0.05, 0) is 38.1 Å². The maximum absolute atomic E-state index is 13.2. The number of carbonyl (C=O) groups is 2. The van der Waals surface area contributed by atoms with Crippen molar-refractivity contribution in [3.8, 4) is 34.9 Å². The lowest BCUT2D eigenvalue weighted by atomic mass is 10.2. The van der Waals surface area contributed by atoms with Crippen LogP contribution in [0.1, 0.15) is 46.8 Å². The standard InChI is InChI=1S/C36H32F4N12O6/c1-20-27(51(48-42-20)24-7-3-22(4-8-24)33(37)38)18-55-29-11-13-31(46-44-29)57-35(53)26-17-41-15-16-50(26)36(54)58-32-14-12-30(45-47-32)56-19-28-21(2)43-49-52(28)25-9-5-23(6-10-25)34(39)40/h3-14,26,33-34,41H,15-19H2,1-2H3/t26-/m0/s1. The summed E-state index contributed by atoms with van der Waals surface area (Å²) in [5, 5.41) is 35.0. The molecule has 22 heteroatoms. The third-order valence-electron chi connectivity index (χ3n) is 8.79. The molecular weight excluding hydrogens is 772 g/mol. The molecule has 7 rings (SSSR count). The predicted molar refractivity (Wildman–Crippen MR) is 190 cm³/mol. The van der Waals surface area contributed by atoms with Gasteiger partial charge in [0.05, 0.1) is 22.8 Å². The number of nitrogens with zero attached hydrogens (tertiary/aromatic N) is 11. The quantitative estimate of drug-likeness (QED) is 0.127. The molecule has 300 valence electrons. The first-order valence-corrected chi connectivity index (χ1v) is 17.5. The number of nitrogens with one attached hydrogen (secondary N) is 1. The average Bonchev–Trinajstić information content (AvgIpc) is 3.80. The van der Waals surface area contributed by atoms with Crippen molar-refractivity contribution in [3.63, 3.8) is 0 Å². The number of hydrogen-bond donors (Lipinski definition) is 1. The zero-order chi connectivity index (χ0) is 40.8. The van der Waals surface area contributed by atoms with Crippen molar-refractivity contribution in [2.24, 2.45) is 0 Å². The van der Waals surface area contributed by atoms with Gasteiger partial charge in [-0.2, -0.15) is 0 Å². The number of aryl methyl sites for hydroxylation is 2. The summed E-state index contributed by atoms with van der Waals surface area (Å²) in [6, 6.07) is 15.7. The molecule has 1 saturated heterocycles. The third kappa shape index (κ3) is 8.96. The first-order chi connectivity index (χ1) is 28.0. The summed E-state index contributed by atoms with van der Waals surface area (Å²) in [6.45, 7) is 3.90. The molecule has 1 fully saturated rings. The van der Waals surface area contributed by atoms with Crippen LogP contribution in [0, 0.1) is 13.8 Å². The van der Waals surface area contributed by atoms with E-state index in [1.807, 2.05) is 0 Å². The van der Waals surface area contributed by atoms with Gasteiger partial charge in [0.15, 0.2) is 0 Å². The zero-order valence-corrected chi connectivity index (χ0v) is 30.6. The molecule has 0 unspecified atom stereocenters. The van der Waals surface area contributed by atoms with E-state index in [2.05, 4.69) is 46.3 Å². The lowest BCUT2D eigenvalue weighted by Crippen LogP contribution is -2.58. The number of halogens is 4. The van der Waals surface area contributed by atoms with Gasteiger partial charge in [-0.1, -0.05) is 34.7 Å². The molecule has 6 aromatic rings. The number of amides is 1. The molecule has 5 heterocycles. The molecule has 0 spiro atoms. The summed E-state index contributed by atoms with van der Waals surface area (Å²) < 4.78 is 77.2. The molecular formula is C36H32F4N12O6. The van der Waals surface area contributed by atoms with Gasteiger partial charge >= 0.3 is 12.1 Å². The molecule has 18 nitrogen and oxygen atoms in total. The van der Waals surface area contributed by atoms with E-state index in [9.17, 15) is 27.2 Å². The number of piperazine rings is 1. The van der Waals surface area contributed by atoms with Crippen LogP contribution >= 0.6 is 0 Å². The SMILES string of the molecule is Cc1nnn(-c2ccc(C(F)F)cc2)c1COc1ccc(OC(=O)[C@@H]2CNCCN2C(=O)Oc2ccc(OCc3c(C)nnn3-c3ccc(C(F)F)cc3)nn2)nn1. The van der Waals surface area contributed by atoms with Crippen LogP contribution in [0.25, 0.3) is 11.4 Å². The van der Waals surface area contributed by atoms with Crippen molar-refractivity contribution in [2.75, 3.05) is 19.6 Å². The lowest BCUT2D eigenvalue weighted by Gasteiger charge is -2.33. The second-order valence-corrected chi connectivity index (χ2v) is 12.6. The molecule has 58 heavy (non-hydrogen) atoms. The maximum atomic E-state index is 13.2. The molecule has 0 aliphatic carbocycles. The molecule has 2 aromatic carbocycles. The number of aromatic nitrogens is 10. The van der Waals surface area contributed by atoms with Gasteiger partial charge in [0.2, 0.25) is 23.5 Å². The van der Waals surface area contributed by atoms with E-state index in [1.165, 1.54) is 87.1 Å². The van der Waals surface area contributed by atoms with Crippen molar-refractivity contribution < 1.29 is 46.1 Å². The van der Waals surface area contributed by atoms with Gasteiger partial charge in [-0.25, -0.2) is 36.5 Å². The Bertz CT molecular complexity index is 2180. The molecule has 1 aliphatic rings. The van der Waals surface area contributed by atoms with E-state index in [1.54, 1.807) is 13.8 Å². The third-order valence-corrected chi connectivity index (χ3v) is 8.79. The average molecular weight is 805 g/mol. The Morgan fingerprint density at radius 2 is 1.10 bits per heavy atom. The van der Waals surface area contributed by atoms with Gasteiger partial charge < -0.3 is 24.3 Å². The minimum atomic E-state index is -2.60. The van der Waals surface area contributed by atoms with E-state index in [-0.39, 0.29) is 61.0 Å². The van der Waals surface area contributed by atoms with Crippen LogP contribution in [0.5, 0.6) is 23.5 Å². The number of esters is 1. The fraction of sp³-hybridized carbons (Fsp3) is 0.278. The Balaban J connectivity index is 0.916. The summed E-state index contributed by atoms with van der Waals surface area (Å²) >= 11 is 0. The zero-order valence-electron chi connectivity index (χ0n) is 30.6. The smallest absolute Gasteiger partial charge is 0.417 e. The van der Waals surface area contributed by atoms with Crippen LogP contribution in [0.3, 0.4) is 0 Å². The van der Waals surface area contributed by atoms with Crippen LogP contribution in [0.4, 0.5) is 22.4 Å². The Morgan fingerprint density at radius 1 is 0.655 bits per heavy atom. The van der Waals surface area contributed by atoms with Gasteiger partial charge in [0.1, 0.15) is 30.6 Å². The number of hydrogen-bond acceptors (Lipinski definition) is 15. The largest absolute Gasteiger partial charge is 0.470 e. The first-order valence-electron chi connectivity index (χ1n) is 17.5. The summed E-state index contributed by atoms with van der Waals surface area (Å²) in [6.07, 6.45) is -6.08. The Hall–Kier alpha value is -7.10. The topological polar surface area (TPSA) is 199 Å². The second-order valence-electron chi connectivity index (χ2n) is 12.6. The number of benzene rings is 2. The highest BCUT2D eigenvalue weighted by Crippen LogP contribution is 2.24. The van der Waals surface area contributed by atoms with Gasteiger partial charge in [0.25, 0.3) is 12.9 Å². The van der Waals surface area contributed by atoms with Crippen LogP contribution in [-0.2, 0) is 18.0 Å². The normalized spacial score (nSPS) is 14.1. The summed E-state index contributed by atoms with van der Waals surface area (Å²) in [7, 11) is 0. The molecule has 0 radical (unpaired) electrons. The minimum Gasteiger partial charge on any atom is -0.470 e. The molecule has 1 aliphatic heterocycles. The number of carbonyl (C=O) groups excluding carboxylic acids is 2. The highest BCUT2D eigenvalue weighted by Gasteiger charge is 2.35. The van der Waals surface area contributed by atoms with Gasteiger partial charge in [-0.15, -0.1) is 30.6 Å². The summed E-state index contributed by atoms with van der Waals surface area (Å²) in [5.41, 5.74) is 2.95. The Kier molecular flexibility index (Phi) is 11.7. The monoisotopic (exact) mass is 804 g/mol. The maximum Gasteiger partial charge on any atom is 0.417 e. The molecule has 4 aromatic heterocycles. The van der Waals surface area contributed by atoms with E-state index in [0.29, 0.717) is 40.7 Å². The van der Waals surface area contributed by atoms with Crippen molar-refractivity contribution in [3.05, 3.63) is 107 Å². The highest BCUT2D eigenvalue weighted by atomic mass is 19.3. The molecule has 0 saturated carbocycles. The Labute approximate surface area is 325 Å². The Morgan fingerprint density at radius 3 is 1.55 bits per heavy atom. The highest BCUT2D eigenvalue weighted by molar-refractivity contribution is 5.84. The van der Waals surface area contributed by atoms with Gasteiger partial charge in [-0.3, -0.25) is 4.90 Å². The predicted octanol–water partition coefficient (Wildman–Crippen LogP) is 4.46. The van der Waals surface area contributed by atoms with E-state index < -0.39 is 31.0 Å².